The number of hydrogen-bond donors (Lipinski definition) is 2. The summed E-state index contributed by atoms with van der Waals surface area (Å²) in [5.74, 6) is -0.575. The van der Waals surface area contributed by atoms with Crippen molar-refractivity contribution >= 4 is 15.9 Å². The summed E-state index contributed by atoms with van der Waals surface area (Å²) in [5.41, 5.74) is 3.59. The lowest BCUT2D eigenvalue weighted by Crippen LogP contribution is -2.39. The van der Waals surface area contributed by atoms with Gasteiger partial charge in [0, 0.05) is 13.1 Å². The molecule has 1 fully saturated rings. The van der Waals surface area contributed by atoms with E-state index in [1.54, 1.807) is 0 Å². The van der Waals surface area contributed by atoms with E-state index in [0.29, 0.717) is 25.9 Å². The molecule has 0 bridgehead atoms. The van der Waals surface area contributed by atoms with E-state index in [1.165, 1.54) is 47.3 Å². The van der Waals surface area contributed by atoms with Crippen LogP contribution in [0.2, 0.25) is 0 Å². The van der Waals surface area contributed by atoms with Crippen LogP contribution in [0.15, 0.2) is 41.3 Å². The molecule has 2 N–H and O–H groups in total. The van der Waals surface area contributed by atoms with Crippen LogP contribution in [-0.2, 0) is 10.0 Å². The molecule has 1 aliphatic rings. The van der Waals surface area contributed by atoms with Crippen molar-refractivity contribution in [2.24, 2.45) is 0 Å². The maximum Gasteiger partial charge on any atom is 0.279 e. The molecule has 0 aromatic heterocycles. The number of piperidine rings is 1. The van der Waals surface area contributed by atoms with E-state index in [9.17, 15) is 13.2 Å². The highest BCUT2D eigenvalue weighted by Gasteiger charge is 2.35. The van der Waals surface area contributed by atoms with Gasteiger partial charge in [-0.25, -0.2) is 13.9 Å². The van der Waals surface area contributed by atoms with Gasteiger partial charge in [0.2, 0.25) is 10.0 Å². The molecular formula is C21H26N2O6S. The monoisotopic (exact) mass is 434 g/mol. The van der Waals surface area contributed by atoms with Crippen LogP contribution in [0.5, 0.6) is 11.5 Å². The first-order chi connectivity index (χ1) is 14.3. The minimum absolute atomic E-state index is 0.0559. The Morgan fingerprint density at radius 1 is 1.07 bits per heavy atom. The summed E-state index contributed by atoms with van der Waals surface area (Å²) < 4.78 is 38.5. The van der Waals surface area contributed by atoms with Crippen LogP contribution in [0.25, 0.3) is 0 Å². The average molecular weight is 435 g/mol. The van der Waals surface area contributed by atoms with Crippen LogP contribution in [0.1, 0.15) is 40.2 Å². The van der Waals surface area contributed by atoms with E-state index in [2.05, 4.69) is 24.3 Å². The van der Waals surface area contributed by atoms with Gasteiger partial charge in [0.15, 0.2) is 11.5 Å². The van der Waals surface area contributed by atoms with Gasteiger partial charge >= 0.3 is 0 Å². The molecule has 1 heterocycles. The zero-order chi connectivity index (χ0) is 21.9. The Morgan fingerprint density at radius 3 is 2.23 bits per heavy atom. The van der Waals surface area contributed by atoms with E-state index in [4.69, 9.17) is 14.7 Å². The smallest absolute Gasteiger partial charge is 0.279 e. The second-order valence-electron chi connectivity index (χ2n) is 7.20. The van der Waals surface area contributed by atoms with Gasteiger partial charge in [-0.2, -0.15) is 4.31 Å². The number of rotatable bonds is 6. The number of carbonyl (C=O) groups is 1. The van der Waals surface area contributed by atoms with Gasteiger partial charge in [-0.15, -0.1) is 0 Å². The SMILES string of the molecule is COc1ccc(S(=O)(=O)N2CCC(c3ccc(C)cc3)CC2)c(C(=O)NO)c1OC. The Kier molecular flexibility index (Phi) is 6.64. The number of carbonyl (C=O) groups excluding carboxylic acids is 1. The van der Waals surface area contributed by atoms with Crippen LogP contribution >= 0.6 is 0 Å². The van der Waals surface area contributed by atoms with E-state index < -0.39 is 15.9 Å². The summed E-state index contributed by atoms with van der Waals surface area (Å²) in [7, 11) is -1.31. The lowest BCUT2D eigenvalue weighted by molar-refractivity contribution is 0.0698. The van der Waals surface area contributed by atoms with E-state index in [0.717, 1.165) is 0 Å². The van der Waals surface area contributed by atoms with Crippen LogP contribution in [-0.4, -0.2) is 51.1 Å². The van der Waals surface area contributed by atoms with Crippen LogP contribution in [0.4, 0.5) is 0 Å². The number of sulfonamides is 1. The molecule has 8 nitrogen and oxygen atoms in total. The van der Waals surface area contributed by atoms with E-state index in [1.807, 2.05) is 6.92 Å². The second kappa shape index (κ2) is 9.03. The van der Waals surface area contributed by atoms with Crippen molar-refractivity contribution in [2.75, 3.05) is 27.3 Å². The first kappa shape index (κ1) is 22.1. The summed E-state index contributed by atoms with van der Waals surface area (Å²) >= 11 is 0. The molecular weight excluding hydrogens is 408 g/mol. The Bertz CT molecular complexity index is 1010. The Balaban J connectivity index is 1.91. The fourth-order valence-corrected chi connectivity index (χ4v) is 5.46. The van der Waals surface area contributed by atoms with Gasteiger partial charge in [0.05, 0.1) is 19.1 Å². The molecule has 1 amide bonds. The fraction of sp³-hybridized carbons (Fsp3) is 0.381. The molecule has 0 unspecified atom stereocenters. The lowest BCUT2D eigenvalue weighted by atomic mass is 9.90. The second-order valence-corrected chi connectivity index (χ2v) is 9.11. The van der Waals surface area contributed by atoms with E-state index in [-0.39, 0.29) is 27.9 Å². The van der Waals surface area contributed by atoms with Gasteiger partial charge in [-0.05, 0) is 43.4 Å². The predicted molar refractivity (Wildman–Crippen MR) is 111 cm³/mol. The maximum absolute atomic E-state index is 13.4. The van der Waals surface area contributed by atoms with Gasteiger partial charge in [-0.3, -0.25) is 10.0 Å². The predicted octanol–water partition coefficient (Wildman–Crippen LogP) is 2.70. The van der Waals surface area contributed by atoms with Gasteiger partial charge < -0.3 is 9.47 Å². The molecule has 2 aromatic rings. The zero-order valence-corrected chi connectivity index (χ0v) is 18.0. The summed E-state index contributed by atoms with van der Waals surface area (Å²) in [4.78, 5) is 12.1. The lowest BCUT2D eigenvalue weighted by Gasteiger charge is -2.32. The van der Waals surface area contributed by atoms with Crippen LogP contribution < -0.4 is 15.0 Å². The van der Waals surface area contributed by atoms with Crippen molar-refractivity contribution in [2.45, 2.75) is 30.6 Å². The maximum atomic E-state index is 13.4. The van der Waals surface area contributed by atoms with Crippen molar-refractivity contribution in [1.29, 1.82) is 0 Å². The van der Waals surface area contributed by atoms with Gasteiger partial charge in [0.1, 0.15) is 5.56 Å². The van der Waals surface area contributed by atoms with Crippen molar-refractivity contribution in [1.82, 2.24) is 9.79 Å². The molecule has 1 aliphatic heterocycles. The molecule has 3 rings (SSSR count). The molecule has 0 radical (unpaired) electrons. The highest BCUT2D eigenvalue weighted by atomic mass is 32.2. The number of ether oxygens (including phenoxy) is 2. The summed E-state index contributed by atoms with van der Waals surface area (Å²) in [6.07, 6.45) is 1.36. The van der Waals surface area contributed by atoms with Crippen molar-refractivity contribution in [3.05, 3.63) is 53.1 Å². The number of hydroxylamine groups is 1. The fourth-order valence-electron chi connectivity index (χ4n) is 3.80. The first-order valence-electron chi connectivity index (χ1n) is 9.59. The minimum atomic E-state index is -3.99. The highest BCUT2D eigenvalue weighted by molar-refractivity contribution is 7.89. The third-order valence-corrected chi connectivity index (χ3v) is 7.40. The summed E-state index contributed by atoms with van der Waals surface area (Å²) in [5, 5.41) is 9.15. The van der Waals surface area contributed by atoms with Crippen LogP contribution in [0, 0.1) is 6.92 Å². The topological polar surface area (TPSA) is 105 Å². The molecule has 9 heteroatoms. The summed E-state index contributed by atoms with van der Waals surface area (Å²) in [6, 6.07) is 11.0. The molecule has 0 saturated carbocycles. The standard InChI is InChI=1S/C21H26N2O6S/c1-14-4-6-15(7-5-14)16-10-12-23(13-11-16)30(26,27)18-9-8-17(28-2)20(29-3)19(18)21(24)22-25/h4-9,16,25H,10-13H2,1-3H3,(H,22,24). The average Bonchev–Trinajstić information content (AvgIpc) is 2.77. The third-order valence-electron chi connectivity index (χ3n) is 5.46. The molecule has 30 heavy (non-hydrogen) atoms. The van der Waals surface area contributed by atoms with Gasteiger partial charge in [-0.1, -0.05) is 29.8 Å². The number of methoxy groups -OCH3 is 2. The van der Waals surface area contributed by atoms with Crippen LogP contribution in [0.3, 0.4) is 0 Å². The normalized spacial score (nSPS) is 15.6. The van der Waals surface area contributed by atoms with Crippen molar-refractivity contribution in [3.63, 3.8) is 0 Å². The van der Waals surface area contributed by atoms with Gasteiger partial charge in [0.25, 0.3) is 5.91 Å². The quantitative estimate of drug-likeness (QED) is 0.535. The molecule has 162 valence electrons. The largest absolute Gasteiger partial charge is 0.493 e. The van der Waals surface area contributed by atoms with Crippen molar-refractivity contribution < 1.29 is 27.9 Å². The third kappa shape index (κ3) is 4.14. The molecule has 0 aliphatic carbocycles. The Morgan fingerprint density at radius 2 is 1.70 bits per heavy atom. The Hall–Kier alpha value is -2.62. The van der Waals surface area contributed by atoms with E-state index >= 15 is 0 Å². The molecule has 0 atom stereocenters. The number of nitrogens with one attached hydrogen (secondary N) is 1. The minimum Gasteiger partial charge on any atom is -0.493 e. The zero-order valence-electron chi connectivity index (χ0n) is 17.2. The number of hydrogen-bond acceptors (Lipinski definition) is 6. The molecule has 2 aromatic carbocycles. The molecule has 0 spiro atoms. The number of aryl methyl sites for hydroxylation is 1. The highest BCUT2D eigenvalue weighted by Crippen LogP contribution is 2.38. The first-order valence-corrected chi connectivity index (χ1v) is 11.0. The number of amides is 1. The number of benzene rings is 2. The summed E-state index contributed by atoms with van der Waals surface area (Å²) in [6.45, 7) is 2.69. The Labute approximate surface area is 176 Å². The van der Waals surface area contributed by atoms with Crippen molar-refractivity contribution in [3.8, 4) is 11.5 Å². The molecule has 1 saturated heterocycles. The number of nitrogens with zero attached hydrogens (tertiary/aromatic N) is 1.